The van der Waals surface area contributed by atoms with Gasteiger partial charge in [-0.05, 0) is 6.92 Å². The van der Waals surface area contributed by atoms with Crippen LogP contribution in [0.1, 0.15) is 6.92 Å². The highest BCUT2D eigenvalue weighted by Gasteiger charge is 2.61. The summed E-state index contributed by atoms with van der Waals surface area (Å²) in [4.78, 5) is 15.1. The van der Waals surface area contributed by atoms with E-state index in [4.69, 9.17) is 18.8 Å². The summed E-state index contributed by atoms with van der Waals surface area (Å²) in [6.45, 7) is 2.43. The van der Waals surface area contributed by atoms with Crippen LogP contribution in [-0.2, 0) is 27.9 Å². The molecule has 2 fully saturated rings. The van der Waals surface area contributed by atoms with Gasteiger partial charge in [0.25, 0.3) is 0 Å². The summed E-state index contributed by atoms with van der Waals surface area (Å²) in [5.74, 6) is 0. The molecule has 8 nitrogen and oxygen atoms in total. The molecule has 9 heteroatoms. The molecule has 0 radical (unpaired) electrons. The number of methoxy groups -OCH3 is 1. The maximum atomic E-state index is 11.7. The van der Waals surface area contributed by atoms with E-state index in [-0.39, 0.29) is 12.7 Å². The molecule has 2 bridgehead atoms. The molecule has 2 heterocycles. The van der Waals surface area contributed by atoms with Gasteiger partial charge in [0.15, 0.2) is 0 Å². The zero-order valence-electron chi connectivity index (χ0n) is 11.4. The first kappa shape index (κ1) is 15.3. The Morgan fingerprint density at radius 3 is 2.79 bits per heavy atom. The van der Waals surface area contributed by atoms with Gasteiger partial charge < -0.3 is 14.4 Å². The van der Waals surface area contributed by atoms with Gasteiger partial charge in [-0.2, -0.15) is 5.06 Å². The minimum absolute atomic E-state index is 0.232. The van der Waals surface area contributed by atoms with E-state index in [1.807, 2.05) is 6.92 Å². The second-order valence-electron chi connectivity index (χ2n) is 4.85. The van der Waals surface area contributed by atoms with Crippen molar-refractivity contribution in [3.63, 3.8) is 0 Å². The lowest BCUT2D eigenvalue weighted by atomic mass is 9.94. The van der Waals surface area contributed by atoms with Gasteiger partial charge in [-0.1, -0.05) is 0 Å². The quantitative estimate of drug-likeness (QED) is 0.719. The van der Waals surface area contributed by atoms with Crippen LogP contribution in [0.25, 0.3) is 0 Å². The van der Waals surface area contributed by atoms with Gasteiger partial charge in [0.1, 0.15) is 17.8 Å². The van der Waals surface area contributed by atoms with E-state index in [9.17, 15) is 9.46 Å². The lowest BCUT2D eigenvalue weighted by Gasteiger charge is -2.41. The number of phosphoric ester groups is 1. The monoisotopic (exact) mass is 297 g/mol. The van der Waals surface area contributed by atoms with E-state index in [0.717, 1.165) is 7.11 Å². The number of likely N-dealkylation sites (N-methyl/N-ethyl adjacent to an activating group) is 1. The molecule has 0 saturated carbocycles. The molecule has 0 amide bonds. The predicted octanol–water partition coefficient (Wildman–Crippen LogP) is 0.168. The fraction of sp³-hybridized carbons (Fsp3) is 1.00. The van der Waals surface area contributed by atoms with Gasteiger partial charge >= 0.3 is 7.82 Å². The maximum Gasteiger partial charge on any atom is 0.472 e. The SMILES string of the molecule is COC[C@]12CN(C)O[C@@H](C1OP(=O)(O)OC)[C@H](C)O2. The van der Waals surface area contributed by atoms with Crippen molar-refractivity contribution >= 4 is 7.82 Å². The Morgan fingerprint density at radius 2 is 2.21 bits per heavy atom. The third-order valence-electron chi connectivity index (χ3n) is 3.36. The molecule has 2 aliphatic heterocycles. The van der Waals surface area contributed by atoms with Crippen LogP contribution in [0.15, 0.2) is 0 Å². The Kier molecular flexibility index (Phi) is 4.35. The van der Waals surface area contributed by atoms with E-state index in [1.54, 1.807) is 12.1 Å². The summed E-state index contributed by atoms with van der Waals surface area (Å²) >= 11 is 0. The predicted molar refractivity (Wildman–Crippen MR) is 64.4 cm³/mol. The molecule has 19 heavy (non-hydrogen) atoms. The maximum absolute atomic E-state index is 11.7. The molecule has 2 rings (SSSR count). The molecule has 0 aromatic carbocycles. The van der Waals surface area contributed by atoms with Crippen LogP contribution in [-0.4, -0.2) is 68.3 Å². The zero-order valence-corrected chi connectivity index (χ0v) is 12.3. The topological polar surface area (TPSA) is 86.7 Å². The lowest BCUT2D eigenvalue weighted by Crippen LogP contribution is -2.59. The first-order valence-corrected chi connectivity index (χ1v) is 7.45. The zero-order chi connectivity index (χ0) is 14.3. The molecule has 1 N–H and O–H groups in total. The third-order valence-corrected chi connectivity index (χ3v) is 4.31. The third kappa shape index (κ3) is 2.86. The van der Waals surface area contributed by atoms with Crippen LogP contribution >= 0.6 is 7.82 Å². The van der Waals surface area contributed by atoms with Gasteiger partial charge in [-0.3, -0.25) is 13.9 Å². The van der Waals surface area contributed by atoms with E-state index in [2.05, 4.69) is 4.52 Å². The number of fused-ring (bicyclic) bond motifs is 2. The Labute approximate surface area is 112 Å². The standard InChI is InChI=1S/C10H20NO7P/c1-7-8-9(18-19(12,13)15-4)10(16-7,6-14-3)5-11(2)17-8/h7-9H,5-6H2,1-4H3,(H,12,13)/t7-,8+,9?,10+/m0/s1. The van der Waals surface area contributed by atoms with Gasteiger partial charge in [0, 0.05) is 21.3 Å². The number of hydroxylamine groups is 2. The number of rotatable bonds is 5. The van der Waals surface area contributed by atoms with Gasteiger partial charge in [0.05, 0.1) is 19.3 Å². The van der Waals surface area contributed by atoms with E-state index < -0.39 is 25.6 Å². The largest absolute Gasteiger partial charge is 0.472 e. The molecule has 2 saturated heterocycles. The second kappa shape index (κ2) is 5.38. The minimum atomic E-state index is -4.12. The Hall–Kier alpha value is -0.0500. The lowest BCUT2D eigenvalue weighted by molar-refractivity contribution is -0.253. The van der Waals surface area contributed by atoms with Crippen molar-refractivity contribution < 1.29 is 32.8 Å². The average molecular weight is 297 g/mol. The molecular weight excluding hydrogens is 277 g/mol. The van der Waals surface area contributed by atoms with E-state index in [0.29, 0.717) is 6.54 Å². The van der Waals surface area contributed by atoms with Crippen molar-refractivity contribution in [1.29, 1.82) is 0 Å². The molecule has 0 spiro atoms. The van der Waals surface area contributed by atoms with Gasteiger partial charge in [-0.25, -0.2) is 4.57 Å². The number of ether oxygens (including phenoxy) is 2. The number of nitrogens with zero attached hydrogens (tertiary/aromatic N) is 1. The van der Waals surface area contributed by atoms with Crippen LogP contribution in [0.4, 0.5) is 0 Å². The molecule has 5 atom stereocenters. The van der Waals surface area contributed by atoms with Crippen LogP contribution in [0.5, 0.6) is 0 Å². The molecule has 0 aromatic heterocycles. The van der Waals surface area contributed by atoms with Crippen LogP contribution in [0.2, 0.25) is 0 Å². The van der Waals surface area contributed by atoms with Crippen LogP contribution in [0.3, 0.4) is 0 Å². The van der Waals surface area contributed by atoms with Gasteiger partial charge in [-0.15, -0.1) is 0 Å². The summed E-state index contributed by atoms with van der Waals surface area (Å²) in [5, 5.41) is 1.63. The molecule has 0 aliphatic carbocycles. The molecule has 112 valence electrons. The number of hydrogen-bond donors (Lipinski definition) is 1. The van der Waals surface area contributed by atoms with Crippen LogP contribution in [0, 0.1) is 0 Å². The summed E-state index contributed by atoms with van der Waals surface area (Å²) in [6.07, 6.45) is -1.49. The van der Waals surface area contributed by atoms with E-state index >= 15 is 0 Å². The second-order valence-corrected chi connectivity index (χ2v) is 6.37. The van der Waals surface area contributed by atoms with Gasteiger partial charge in [0.2, 0.25) is 0 Å². The highest BCUT2D eigenvalue weighted by Crippen LogP contribution is 2.51. The molecule has 2 unspecified atom stereocenters. The Morgan fingerprint density at radius 1 is 1.53 bits per heavy atom. The molecule has 2 aliphatic rings. The summed E-state index contributed by atoms with van der Waals surface area (Å²) in [6, 6.07) is 0. The van der Waals surface area contributed by atoms with Crippen molar-refractivity contribution in [2.45, 2.75) is 30.8 Å². The molecule has 0 aromatic rings. The fourth-order valence-electron chi connectivity index (χ4n) is 2.69. The highest BCUT2D eigenvalue weighted by molar-refractivity contribution is 7.47. The first-order valence-electron chi connectivity index (χ1n) is 5.95. The minimum Gasteiger partial charge on any atom is -0.382 e. The number of phosphoric acid groups is 1. The van der Waals surface area contributed by atoms with Crippen molar-refractivity contribution in [2.24, 2.45) is 0 Å². The first-order chi connectivity index (χ1) is 8.83. The highest BCUT2D eigenvalue weighted by atomic mass is 31.2. The average Bonchev–Trinajstić information content (AvgIpc) is 2.47. The van der Waals surface area contributed by atoms with Crippen molar-refractivity contribution in [3.8, 4) is 0 Å². The number of hydrogen-bond acceptors (Lipinski definition) is 7. The summed E-state index contributed by atoms with van der Waals surface area (Å²) < 4.78 is 32.4. The van der Waals surface area contributed by atoms with E-state index in [1.165, 1.54) is 7.11 Å². The molecular formula is C10H20NO7P. The Bertz CT molecular complexity index is 377. The van der Waals surface area contributed by atoms with Crippen molar-refractivity contribution in [3.05, 3.63) is 0 Å². The van der Waals surface area contributed by atoms with Crippen molar-refractivity contribution in [2.75, 3.05) is 34.4 Å². The summed E-state index contributed by atoms with van der Waals surface area (Å²) in [7, 11) is 0.301. The fourth-order valence-corrected chi connectivity index (χ4v) is 3.37. The smallest absolute Gasteiger partial charge is 0.382 e. The summed E-state index contributed by atoms with van der Waals surface area (Å²) in [5.41, 5.74) is -0.844. The normalized spacial score (nSPS) is 42.3. The Balaban J connectivity index is 2.27. The van der Waals surface area contributed by atoms with Crippen LogP contribution < -0.4 is 0 Å². The van der Waals surface area contributed by atoms with Crippen molar-refractivity contribution in [1.82, 2.24) is 5.06 Å².